The van der Waals surface area contributed by atoms with Crippen LogP contribution in [0.5, 0.6) is 11.5 Å². The Kier molecular flexibility index (Phi) is 8.97. The lowest BCUT2D eigenvalue weighted by atomic mass is 9.91. The molecule has 176 valence electrons. The number of halogens is 2. The van der Waals surface area contributed by atoms with E-state index in [1.54, 1.807) is 36.4 Å². The lowest BCUT2D eigenvalue weighted by molar-refractivity contribution is -0.125. The van der Waals surface area contributed by atoms with E-state index in [-0.39, 0.29) is 42.9 Å². The summed E-state index contributed by atoms with van der Waals surface area (Å²) in [5.74, 6) is 0.401. The first-order valence-corrected chi connectivity index (χ1v) is 11.5. The Morgan fingerprint density at radius 2 is 1.30 bits per heavy atom. The molecule has 1 aliphatic carbocycles. The zero-order chi connectivity index (χ0) is 23.8. The molecule has 2 amide bonds. The van der Waals surface area contributed by atoms with E-state index in [1.165, 1.54) is 13.0 Å². The number of nitrogens with one attached hydrogen (secondary N) is 2. The zero-order valence-corrected chi connectivity index (χ0v) is 19.7. The first-order chi connectivity index (χ1) is 15.8. The van der Waals surface area contributed by atoms with Gasteiger partial charge in [-0.1, -0.05) is 23.2 Å². The third kappa shape index (κ3) is 7.94. The van der Waals surface area contributed by atoms with E-state index < -0.39 is 0 Å². The van der Waals surface area contributed by atoms with Crippen LogP contribution >= 0.6 is 23.2 Å². The van der Waals surface area contributed by atoms with Gasteiger partial charge in [0, 0.05) is 22.7 Å². The van der Waals surface area contributed by atoms with Crippen LogP contribution in [0.3, 0.4) is 0 Å². The minimum absolute atomic E-state index is 0.0255. The number of benzene rings is 2. The van der Waals surface area contributed by atoms with Crippen LogP contribution < -0.4 is 20.1 Å². The van der Waals surface area contributed by atoms with E-state index in [0.29, 0.717) is 27.1 Å². The lowest BCUT2D eigenvalue weighted by Gasteiger charge is -2.29. The number of ketones is 1. The normalized spacial score (nSPS) is 17.7. The summed E-state index contributed by atoms with van der Waals surface area (Å²) in [6, 6.07) is 11.6. The highest BCUT2D eigenvalue weighted by molar-refractivity contribution is 6.33. The van der Waals surface area contributed by atoms with Gasteiger partial charge in [-0.3, -0.25) is 14.4 Å². The smallest absolute Gasteiger partial charge is 0.258 e. The molecule has 1 fully saturated rings. The van der Waals surface area contributed by atoms with Crippen molar-refractivity contribution in [1.29, 1.82) is 0 Å². The predicted molar refractivity (Wildman–Crippen MR) is 126 cm³/mol. The maximum atomic E-state index is 12.2. The molecule has 0 radical (unpaired) electrons. The van der Waals surface area contributed by atoms with Crippen LogP contribution in [0.15, 0.2) is 42.5 Å². The number of carbonyl (C=O) groups is 3. The van der Waals surface area contributed by atoms with E-state index in [2.05, 4.69) is 10.6 Å². The second kappa shape index (κ2) is 11.9. The average Bonchev–Trinajstić information content (AvgIpc) is 2.79. The van der Waals surface area contributed by atoms with Crippen LogP contribution in [-0.2, 0) is 9.59 Å². The van der Waals surface area contributed by atoms with Crippen molar-refractivity contribution in [1.82, 2.24) is 10.6 Å². The van der Waals surface area contributed by atoms with Gasteiger partial charge in [0.2, 0.25) is 0 Å². The fourth-order valence-corrected chi connectivity index (χ4v) is 3.99. The maximum Gasteiger partial charge on any atom is 0.258 e. The summed E-state index contributed by atoms with van der Waals surface area (Å²) in [6.07, 6.45) is 3.03. The molecule has 33 heavy (non-hydrogen) atoms. The SMILES string of the molecule is CC(=O)c1cc(OCC(=O)NC2CCC(NC(=O)COc3ccc(Cl)cc3)CC2)ccc1Cl. The molecule has 7 nitrogen and oxygen atoms in total. The summed E-state index contributed by atoms with van der Waals surface area (Å²) in [7, 11) is 0. The number of hydrogen-bond donors (Lipinski definition) is 2. The molecule has 2 aromatic carbocycles. The number of rotatable bonds is 9. The standard InChI is InChI=1S/C24H26Cl2N2O5/c1-15(29)21-12-20(10-11-22(21)26)33-14-24(31)28-18-6-4-17(5-7-18)27-23(30)13-32-19-8-2-16(25)3-9-19/h2-3,8-12,17-18H,4-7,13-14H2,1H3,(H,27,30)(H,28,31). The van der Waals surface area contributed by atoms with Gasteiger partial charge >= 0.3 is 0 Å². The van der Waals surface area contributed by atoms with Crippen LogP contribution in [0.1, 0.15) is 43.0 Å². The first kappa shape index (κ1) is 24.9. The third-order valence-electron chi connectivity index (χ3n) is 5.33. The molecule has 0 unspecified atom stereocenters. The topological polar surface area (TPSA) is 93.7 Å². The Morgan fingerprint density at radius 3 is 1.82 bits per heavy atom. The predicted octanol–water partition coefficient (Wildman–Crippen LogP) is 4.20. The summed E-state index contributed by atoms with van der Waals surface area (Å²) in [4.78, 5) is 36.0. The summed E-state index contributed by atoms with van der Waals surface area (Å²) in [6.45, 7) is 1.20. The van der Waals surface area contributed by atoms with Gasteiger partial charge < -0.3 is 20.1 Å². The van der Waals surface area contributed by atoms with Gasteiger partial charge in [-0.25, -0.2) is 0 Å². The van der Waals surface area contributed by atoms with E-state index in [1.807, 2.05) is 0 Å². The van der Waals surface area contributed by atoms with Gasteiger partial charge in [-0.2, -0.15) is 0 Å². The molecule has 9 heteroatoms. The van der Waals surface area contributed by atoms with Crippen molar-refractivity contribution in [2.45, 2.75) is 44.7 Å². The highest BCUT2D eigenvalue weighted by atomic mass is 35.5. The molecule has 1 aliphatic rings. The fraction of sp³-hybridized carbons (Fsp3) is 0.375. The summed E-state index contributed by atoms with van der Waals surface area (Å²) < 4.78 is 11.0. The Bertz CT molecular complexity index is 989. The minimum Gasteiger partial charge on any atom is -0.484 e. The molecular formula is C24H26Cl2N2O5. The summed E-state index contributed by atoms with van der Waals surface area (Å²) >= 11 is 11.8. The molecule has 0 spiro atoms. The molecule has 0 heterocycles. The van der Waals surface area contributed by atoms with E-state index >= 15 is 0 Å². The Balaban J connectivity index is 1.34. The van der Waals surface area contributed by atoms with Gasteiger partial charge in [-0.05, 0) is 75.1 Å². The van der Waals surface area contributed by atoms with Crippen LogP contribution in [-0.4, -0.2) is 42.9 Å². The molecule has 1 saturated carbocycles. The fourth-order valence-electron chi connectivity index (χ4n) is 3.61. The van der Waals surface area contributed by atoms with Crippen molar-refractivity contribution < 1.29 is 23.9 Å². The van der Waals surface area contributed by atoms with Crippen LogP contribution in [0, 0.1) is 0 Å². The summed E-state index contributed by atoms with van der Waals surface area (Å²) in [5, 5.41) is 6.88. The van der Waals surface area contributed by atoms with Crippen LogP contribution in [0.4, 0.5) is 0 Å². The number of amides is 2. The van der Waals surface area contributed by atoms with Gasteiger partial charge in [-0.15, -0.1) is 0 Å². The molecule has 0 aromatic heterocycles. The molecule has 0 atom stereocenters. The second-order valence-corrected chi connectivity index (χ2v) is 8.76. The second-order valence-electron chi connectivity index (χ2n) is 7.91. The van der Waals surface area contributed by atoms with Crippen molar-refractivity contribution in [3.8, 4) is 11.5 Å². The Labute approximate surface area is 202 Å². The summed E-state index contributed by atoms with van der Waals surface area (Å²) in [5.41, 5.74) is 0.355. The van der Waals surface area contributed by atoms with Gasteiger partial charge in [0.1, 0.15) is 11.5 Å². The highest BCUT2D eigenvalue weighted by Gasteiger charge is 2.24. The quantitative estimate of drug-likeness (QED) is 0.511. The Hall–Kier alpha value is -2.77. The van der Waals surface area contributed by atoms with Gasteiger partial charge in [0.15, 0.2) is 19.0 Å². The van der Waals surface area contributed by atoms with Crippen LogP contribution in [0.25, 0.3) is 0 Å². The molecule has 0 bridgehead atoms. The van der Waals surface area contributed by atoms with E-state index in [0.717, 1.165) is 25.7 Å². The van der Waals surface area contributed by atoms with Crippen LogP contribution in [0.2, 0.25) is 10.0 Å². The number of Topliss-reactive ketones (excluding diaryl/α,β-unsaturated/α-hetero) is 1. The Morgan fingerprint density at radius 1 is 0.818 bits per heavy atom. The number of carbonyl (C=O) groups excluding carboxylic acids is 3. The zero-order valence-electron chi connectivity index (χ0n) is 18.2. The highest BCUT2D eigenvalue weighted by Crippen LogP contribution is 2.23. The van der Waals surface area contributed by atoms with Gasteiger partial charge in [0.05, 0.1) is 5.02 Å². The lowest BCUT2D eigenvalue weighted by Crippen LogP contribution is -2.45. The number of hydrogen-bond acceptors (Lipinski definition) is 5. The molecule has 2 N–H and O–H groups in total. The molecule has 2 aromatic rings. The molecule has 0 saturated heterocycles. The third-order valence-corrected chi connectivity index (χ3v) is 5.91. The maximum absolute atomic E-state index is 12.2. The average molecular weight is 493 g/mol. The van der Waals surface area contributed by atoms with Crippen molar-refractivity contribution in [2.75, 3.05) is 13.2 Å². The van der Waals surface area contributed by atoms with Crippen molar-refractivity contribution in [3.63, 3.8) is 0 Å². The van der Waals surface area contributed by atoms with Crippen molar-refractivity contribution >= 4 is 40.8 Å². The number of ether oxygens (including phenoxy) is 2. The van der Waals surface area contributed by atoms with E-state index in [4.69, 9.17) is 32.7 Å². The first-order valence-electron chi connectivity index (χ1n) is 10.7. The molecule has 0 aliphatic heterocycles. The monoisotopic (exact) mass is 492 g/mol. The van der Waals surface area contributed by atoms with E-state index in [9.17, 15) is 14.4 Å². The van der Waals surface area contributed by atoms with Gasteiger partial charge in [0.25, 0.3) is 11.8 Å². The van der Waals surface area contributed by atoms with Crippen molar-refractivity contribution in [3.05, 3.63) is 58.1 Å². The molecule has 3 rings (SSSR count). The largest absolute Gasteiger partial charge is 0.484 e. The molecular weight excluding hydrogens is 467 g/mol. The van der Waals surface area contributed by atoms with Crippen molar-refractivity contribution in [2.24, 2.45) is 0 Å². The minimum atomic E-state index is -0.238.